The van der Waals surface area contributed by atoms with Gasteiger partial charge in [0.15, 0.2) is 0 Å². The highest BCUT2D eigenvalue weighted by Gasteiger charge is 2.32. The lowest BCUT2D eigenvalue weighted by Gasteiger charge is -2.27. The lowest BCUT2D eigenvalue weighted by atomic mass is 9.95. The van der Waals surface area contributed by atoms with E-state index in [4.69, 9.17) is 4.74 Å². The van der Waals surface area contributed by atoms with Crippen molar-refractivity contribution < 1.29 is 14.6 Å². The Kier molecular flexibility index (Phi) is 5.13. The number of carboxylic acids is 1. The lowest BCUT2D eigenvalue weighted by Crippen LogP contribution is -2.34. The van der Waals surface area contributed by atoms with Gasteiger partial charge in [0.25, 0.3) is 0 Å². The van der Waals surface area contributed by atoms with Crippen LogP contribution in [0.15, 0.2) is 72.8 Å². The van der Waals surface area contributed by atoms with Crippen LogP contribution in [0.25, 0.3) is 11.1 Å². The molecule has 0 spiro atoms. The molecule has 0 saturated heterocycles. The highest BCUT2D eigenvalue weighted by atomic mass is 16.5. The predicted octanol–water partition coefficient (Wildman–Crippen LogP) is 4.68. The van der Waals surface area contributed by atoms with Crippen LogP contribution in [0, 0.1) is 6.92 Å². The molecule has 0 bridgehead atoms. The number of hydrogen-bond acceptors (Lipinski definition) is 3. The monoisotopic (exact) mass is 373 g/mol. The molecule has 1 unspecified atom stereocenters. The maximum Gasteiger partial charge on any atom is 0.325 e. The summed E-state index contributed by atoms with van der Waals surface area (Å²) < 4.78 is 5.83. The summed E-state index contributed by atoms with van der Waals surface area (Å²) in [4.78, 5) is 14.2. The summed E-state index contributed by atoms with van der Waals surface area (Å²) in [7, 11) is 0. The fourth-order valence-corrected chi connectivity index (χ4v) is 3.91. The first-order valence-corrected chi connectivity index (χ1v) is 9.47. The molecule has 0 aromatic heterocycles. The van der Waals surface area contributed by atoms with E-state index in [9.17, 15) is 9.90 Å². The van der Waals surface area contributed by atoms with Crippen LogP contribution in [-0.2, 0) is 11.3 Å². The Morgan fingerprint density at radius 1 is 1.00 bits per heavy atom. The van der Waals surface area contributed by atoms with Gasteiger partial charge in [0.2, 0.25) is 0 Å². The number of para-hydroxylation sites is 1. The number of aliphatic carboxylic acids is 1. The van der Waals surface area contributed by atoms with E-state index in [1.54, 1.807) is 0 Å². The third-order valence-corrected chi connectivity index (χ3v) is 5.27. The van der Waals surface area contributed by atoms with E-state index >= 15 is 0 Å². The van der Waals surface area contributed by atoms with E-state index < -0.39 is 12.0 Å². The minimum atomic E-state index is -0.855. The number of aryl methyl sites for hydroxylation is 1. The van der Waals surface area contributed by atoms with Gasteiger partial charge in [-0.2, -0.15) is 0 Å². The number of hydrogen-bond donors (Lipinski definition) is 1. The molecule has 0 aliphatic carbocycles. The van der Waals surface area contributed by atoms with Crippen molar-refractivity contribution >= 4 is 5.97 Å². The second-order valence-electron chi connectivity index (χ2n) is 7.07. The zero-order valence-electron chi connectivity index (χ0n) is 15.8. The van der Waals surface area contributed by atoms with E-state index in [2.05, 4.69) is 31.2 Å². The third kappa shape index (κ3) is 3.51. The molecule has 1 N–H and O–H groups in total. The average molecular weight is 373 g/mol. The van der Waals surface area contributed by atoms with Gasteiger partial charge in [0.1, 0.15) is 18.4 Å². The van der Waals surface area contributed by atoms with Crippen molar-refractivity contribution in [3.63, 3.8) is 0 Å². The van der Waals surface area contributed by atoms with Crippen molar-refractivity contribution in [3.8, 4) is 16.9 Å². The first-order valence-electron chi connectivity index (χ1n) is 9.47. The van der Waals surface area contributed by atoms with E-state index in [0.717, 1.165) is 11.1 Å². The standard InChI is InChI=1S/C24H23NO3/c1-17-8-2-4-10-19(17)20-11-5-3-9-18(20)16-25-14-15-28-22-13-7-6-12-21(22)23(25)24(26)27/h2-13,23H,14-16H2,1H3,(H,26,27). The normalized spacial score (nSPS) is 16.7. The van der Waals surface area contributed by atoms with Crippen LogP contribution >= 0.6 is 0 Å². The summed E-state index contributed by atoms with van der Waals surface area (Å²) in [5, 5.41) is 9.99. The molecule has 1 heterocycles. The summed E-state index contributed by atoms with van der Waals surface area (Å²) in [6, 6.07) is 23.2. The largest absolute Gasteiger partial charge is 0.492 e. The predicted molar refractivity (Wildman–Crippen MR) is 109 cm³/mol. The molecular formula is C24H23NO3. The van der Waals surface area contributed by atoms with Crippen LogP contribution in [0.3, 0.4) is 0 Å². The molecule has 1 aliphatic rings. The smallest absolute Gasteiger partial charge is 0.325 e. The molecule has 1 aliphatic heterocycles. The van der Waals surface area contributed by atoms with Crippen LogP contribution in [0.2, 0.25) is 0 Å². The Morgan fingerprint density at radius 3 is 2.46 bits per heavy atom. The quantitative estimate of drug-likeness (QED) is 0.721. The number of carbonyl (C=O) groups is 1. The third-order valence-electron chi connectivity index (χ3n) is 5.27. The molecule has 0 fully saturated rings. The maximum absolute atomic E-state index is 12.2. The maximum atomic E-state index is 12.2. The molecule has 4 heteroatoms. The van der Waals surface area contributed by atoms with E-state index in [1.807, 2.05) is 53.4 Å². The Labute approximate surface area is 165 Å². The molecule has 4 nitrogen and oxygen atoms in total. The topological polar surface area (TPSA) is 49.8 Å². The van der Waals surface area contributed by atoms with Crippen molar-refractivity contribution in [2.75, 3.05) is 13.2 Å². The van der Waals surface area contributed by atoms with Crippen LogP contribution < -0.4 is 4.74 Å². The van der Waals surface area contributed by atoms with Crippen LogP contribution in [0.1, 0.15) is 22.7 Å². The molecule has 142 valence electrons. The van der Waals surface area contributed by atoms with Gasteiger partial charge in [-0.05, 0) is 35.2 Å². The molecule has 4 rings (SSSR count). The number of nitrogens with zero attached hydrogens (tertiary/aromatic N) is 1. The van der Waals surface area contributed by atoms with Crippen molar-refractivity contribution in [1.29, 1.82) is 0 Å². The van der Waals surface area contributed by atoms with Crippen molar-refractivity contribution in [3.05, 3.63) is 89.5 Å². The second kappa shape index (κ2) is 7.87. The molecule has 3 aromatic carbocycles. The van der Waals surface area contributed by atoms with Gasteiger partial charge < -0.3 is 9.84 Å². The van der Waals surface area contributed by atoms with Gasteiger partial charge in [-0.15, -0.1) is 0 Å². The Bertz CT molecular complexity index is 998. The van der Waals surface area contributed by atoms with Crippen LogP contribution in [0.4, 0.5) is 0 Å². The highest BCUT2D eigenvalue weighted by Crippen LogP contribution is 2.35. The number of fused-ring (bicyclic) bond motifs is 1. The molecule has 0 saturated carbocycles. The fourth-order valence-electron chi connectivity index (χ4n) is 3.91. The first-order chi connectivity index (χ1) is 13.6. The minimum Gasteiger partial charge on any atom is -0.492 e. The second-order valence-corrected chi connectivity index (χ2v) is 7.07. The lowest BCUT2D eigenvalue weighted by molar-refractivity contribution is -0.143. The Balaban J connectivity index is 1.73. The van der Waals surface area contributed by atoms with Gasteiger partial charge >= 0.3 is 5.97 Å². The summed E-state index contributed by atoms with van der Waals surface area (Å²) in [5.41, 5.74) is 5.34. The summed E-state index contributed by atoms with van der Waals surface area (Å²) in [6.45, 7) is 3.66. The average Bonchev–Trinajstić information content (AvgIpc) is 2.88. The van der Waals surface area contributed by atoms with E-state index in [-0.39, 0.29) is 0 Å². The van der Waals surface area contributed by atoms with Gasteiger partial charge in [0.05, 0.1) is 0 Å². The number of carboxylic acid groups (broad SMARTS) is 1. The Morgan fingerprint density at radius 2 is 1.68 bits per heavy atom. The molecule has 1 atom stereocenters. The van der Waals surface area contributed by atoms with E-state index in [1.165, 1.54) is 11.1 Å². The minimum absolute atomic E-state index is 0.466. The summed E-state index contributed by atoms with van der Waals surface area (Å²) in [5.74, 6) is -0.198. The Hall–Kier alpha value is -3.11. The van der Waals surface area contributed by atoms with E-state index in [0.29, 0.717) is 31.0 Å². The zero-order chi connectivity index (χ0) is 19.5. The fraction of sp³-hybridized carbons (Fsp3) is 0.208. The van der Waals surface area contributed by atoms with Gasteiger partial charge in [-0.3, -0.25) is 9.69 Å². The van der Waals surface area contributed by atoms with Gasteiger partial charge in [-0.25, -0.2) is 0 Å². The summed E-state index contributed by atoms with van der Waals surface area (Å²) >= 11 is 0. The molecule has 3 aromatic rings. The molecule has 0 radical (unpaired) electrons. The van der Waals surface area contributed by atoms with Crippen molar-refractivity contribution in [1.82, 2.24) is 4.90 Å². The molecule has 0 amide bonds. The highest BCUT2D eigenvalue weighted by molar-refractivity contribution is 5.77. The first kappa shape index (κ1) is 18.3. The van der Waals surface area contributed by atoms with Crippen molar-refractivity contribution in [2.45, 2.75) is 19.5 Å². The van der Waals surface area contributed by atoms with Crippen LogP contribution in [0.5, 0.6) is 5.75 Å². The van der Waals surface area contributed by atoms with Crippen LogP contribution in [-0.4, -0.2) is 29.1 Å². The van der Waals surface area contributed by atoms with Gasteiger partial charge in [-0.1, -0.05) is 66.7 Å². The summed E-state index contributed by atoms with van der Waals surface area (Å²) in [6.07, 6.45) is 0. The van der Waals surface area contributed by atoms with Crippen molar-refractivity contribution in [2.24, 2.45) is 0 Å². The van der Waals surface area contributed by atoms with Gasteiger partial charge in [0, 0.05) is 18.7 Å². The molecular weight excluding hydrogens is 350 g/mol. The zero-order valence-corrected chi connectivity index (χ0v) is 15.8. The number of benzene rings is 3. The number of rotatable bonds is 4. The SMILES string of the molecule is Cc1ccccc1-c1ccccc1CN1CCOc2ccccc2C1C(=O)O. The molecule has 28 heavy (non-hydrogen) atoms. The number of ether oxygens (including phenoxy) is 1.